The number of aromatic nitrogens is 2. The van der Waals surface area contributed by atoms with Gasteiger partial charge in [0, 0.05) is 6.54 Å². The maximum atomic E-state index is 11.7. The minimum Gasteiger partial charge on any atom is -0.480 e. The van der Waals surface area contributed by atoms with Gasteiger partial charge in [0.05, 0.1) is 17.4 Å². The fourth-order valence-corrected chi connectivity index (χ4v) is 3.67. The van der Waals surface area contributed by atoms with Crippen LogP contribution in [0.4, 0.5) is 0 Å². The molecular formula is C16H21N3O2. The number of benzene rings is 1. The molecule has 1 aromatic carbocycles. The molecule has 21 heavy (non-hydrogen) atoms. The molecule has 5 nitrogen and oxygen atoms in total. The summed E-state index contributed by atoms with van der Waals surface area (Å²) < 4.78 is 2.12. The first-order valence-corrected chi connectivity index (χ1v) is 7.49. The van der Waals surface area contributed by atoms with Crippen LogP contribution in [0.5, 0.6) is 0 Å². The first-order chi connectivity index (χ1) is 10.2. The van der Waals surface area contributed by atoms with Crippen molar-refractivity contribution < 1.29 is 9.90 Å². The number of aryl methyl sites for hydroxylation is 1. The number of imidazole rings is 1. The highest BCUT2D eigenvalue weighted by molar-refractivity contribution is 5.79. The van der Waals surface area contributed by atoms with Crippen LogP contribution in [0.25, 0.3) is 11.0 Å². The van der Waals surface area contributed by atoms with Crippen molar-refractivity contribution in [2.45, 2.75) is 37.8 Å². The first kappa shape index (κ1) is 14.1. The van der Waals surface area contributed by atoms with Gasteiger partial charge in [0.1, 0.15) is 5.54 Å². The van der Waals surface area contributed by atoms with Crippen LogP contribution >= 0.6 is 0 Å². The van der Waals surface area contributed by atoms with Crippen LogP contribution in [-0.2, 0) is 11.3 Å². The Morgan fingerprint density at radius 3 is 3.10 bits per heavy atom. The van der Waals surface area contributed by atoms with Crippen molar-refractivity contribution in [3.63, 3.8) is 0 Å². The molecule has 1 aliphatic rings. The molecule has 1 aliphatic carbocycles. The van der Waals surface area contributed by atoms with Crippen molar-refractivity contribution in [1.82, 2.24) is 14.9 Å². The van der Waals surface area contributed by atoms with Crippen molar-refractivity contribution in [2.75, 3.05) is 7.05 Å². The molecule has 0 bridgehead atoms. The predicted molar refractivity (Wildman–Crippen MR) is 81.1 cm³/mol. The summed E-state index contributed by atoms with van der Waals surface area (Å²) in [6.07, 6.45) is 5.37. The molecule has 2 aromatic rings. The monoisotopic (exact) mass is 287 g/mol. The molecule has 2 N–H and O–H groups in total. The molecule has 1 aromatic heterocycles. The number of hydrogen-bond donors (Lipinski definition) is 2. The lowest BCUT2D eigenvalue weighted by atomic mass is 9.84. The summed E-state index contributed by atoms with van der Waals surface area (Å²) in [4.78, 5) is 16.0. The zero-order valence-electron chi connectivity index (χ0n) is 12.2. The quantitative estimate of drug-likeness (QED) is 0.885. The molecule has 2 unspecified atom stereocenters. The number of nitrogens with zero attached hydrogens (tertiary/aromatic N) is 2. The molecule has 0 spiro atoms. The fraction of sp³-hybridized carbons (Fsp3) is 0.500. The highest BCUT2D eigenvalue weighted by Crippen LogP contribution is 2.38. The third kappa shape index (κ3) is 2.31. The second kappa shape index (κ2) is 5.48. The summed E-state index contributed by atoms with van der Waals surface area (Å²) >= 11 is 0. The number of aliphatic carboxylic acids is 1. The van der Waals surface area contributed by atoms with Gasteiger partial charge in [-0.15, -0.1) is 0 Å². The average Bonchev–Trinajstić information content (AvgIpc) is 3.09. The van der Waals surface area contributed by atoms with Crippen LogP contribution in [0, 0.1) is 5.92 Å². The Morgan fingerprint density at radius 1 is 1.52 bits per heavy atom. The van der Waals surface area contributed by atoms with Crippen molar-refractivity contribution in [3.8, 4) is 0 Å². The number of para-hydroxylation sites is 2. The fourth-order valence-electron chi connectivity index (χ4n) is 3.67. The summed E-state index contributed by atoms with van der Waals surface area (Å²) in [5.74, 6) is -0.552. The minimum atomic E-state index is -0.754. The maximum absolute atomic E-state index is 11.7. The Kier molecular flexibility index (Phi) is 3.68. The zero-order chi connectivity index (χ0) is 14.9. The van der Waals surface area contributed by atoms with E-state index in [1.807, 2.05) is 24.5 Å². The molecule has 5 heteroatoms. The molecule has 1 heterocycles. The summed E-state index contributed by atoms with van der Waals surface area (Å²) in [6.45, 7) is 0.807. The van der Waals surface area contributed by atoms with Crippen LogP contribution in [0.1, 0.15) is 25.7 Å². The van der Waals surface area contributed by atoms with Crippen LogP contribution in [0.2, 0.25) is 0 Å². The van der Waals surface area contributed by atoms with E-state index in [1.54, 1.807) is 7.05 Å². The molecule has 0 radical (unpaired) electrons. The smallest absolute Gasteiger partial charge is 0.324 e. The van der Waals surface area contributed by atoms with Crippen LogP contribution < -0.4 is 5.32 Å². The molecular weight excluding hydrogens is 266 g/mol. The van der Waals surface area contributed by atoms with Crippen LogP contribution in [0.3, 0.4) is 0 Å². The van der Waals surface area contributed by atoms with E-state index in [0.29, 0.717) is 6.42 Å². The van der Waals surface area contributed by atoms with Gasteiger partial charge in [0.2, 0.25) is 0 Å². The molecule has 3 rings (SSSR count). The van der Waals surface area contributed by atoms with Gasteiger partial charge in [-0.2, -0.15) is 0 Å². The zero-order valence-corrected chi connectivity index (χ0v) is 12.2. The predicted octanol–water partition coefficient (Wildman–Crippen LogP) is 2.27. The summed E-state index contributed by atoms with van der Waals surface area (Å²) in [5.41, 5.74) is 1.35. The van der Waals surface area contributed by atoms with E-state index in [0.717, 1.165) is 36.8 Å². The Bertz CT molecular complexity index is 652. The van der Waals surface area contributed by atoms with E-state index in [1.165, 1.54) is 0 Å². The van der Waals surface area contributed by atoms with Crippen LogP contribution in [-0.4, -0.2) is 33.2 Å². The van der Waals surface area contributed by atoms with Crippen LogP contribution in [0.15, 0.2) is 30.6 Å². The van der Waals surface area contributed by atoms with Crippen molar-refractivity contribution in [1.29, 1.82) is 0 Å². The van der Waals surface area contributed by atoms with E-state index in [-0.39, 0.29) is 5.92 Å². The van der Waals surface area contributed by atoms with Gasteiger partial charge in [-0.25, -0.2) is 4.98 Å². The normalized spacial score (nSPS) is 25.5. The topological polar surface area (TPSA) is 67.2 Å². The van der Waals surface area contributed by atoms with Gasteiger partial charge >= 0.3 is 5.97 Å². The third-order valence-electron chi connectivity index (χ3n) is 4.89. The number of rotatable bonds is 5. The van der Waals surface area contributed by atoms with Crippen molar-refractivity contribution >= 4 is 17.0 Å². The maximum Gasteiger partial charge on any atom is 0.324 e. The number of nitrogens with one attached hydrogen (secondary N) is 1. The van der Waals surface area contributed by atoms with Gasteiger partial charge in [-0.1, -0.05) is 18.6 Å². The minimum absolute atomic E-state index is 0.168. The Balaban J connectivity index is 1.76. The third-order valence-corrected chi connectivity index (χ3v) is 4.89. The summed E-state index contributed by atoms with van der Waals surface area (Å²) in [7, 11) is 1.76. The first-order valence-electron chi connectivity index (χ1n) is 7.49. The number of likely N-dealkylation sites (N-methyl/N-ethyl adjacent to an activating group) is 1. The lowest BCUT2D eigenvalue weighted by Gasteiger charge is -2.31. The van der Waals surface area contributed by atoms with Crippen molar-refractivity contribution in [2.24, 2.45) is 5.92 Å². The number of carboxylic acid groups (broad SMARTS) is 1. The second-order valence-electron chi connectivity index (χ2n) is 5.83. The van der Waals surface area contributed by atoms with Gasteiger partial charge in [-0.05, 0) is 44.4 Å². The van der Waals surface area contributed by atoms with Gasteiger partial charge in [-0.3, -0.25) is 4.79 Å². The molecule has 0 amide bonds. The molecule has 0 aliphatic heterocycles. The SMILES string of the molecule is CNC1(C(=O)O)CCCC1CCn1cnc2ccccc21. The molecule has 0 saturated heterocycles. The molecule has 112 valence electrons. The number of carboxylic acids is 1. The highest BCUT2D eigenvalue weighted by Gasteiger charge is 2.47. The average molecular weight is 287 g/mol. The number of carbonyl (C=O) groups is 1. The highest BCUT2D eigenvalue weighted by atomic mass is 16.4. The van der Waals surface area contributed by atoms with Gasteiger partial charge < -0.3 is 15.0 Å². The van der Waals surface area contributed by atoms with E-state index in [9.17, 15) is 9.90 Å². The number of hydrogen-bond acceptors (Lipinski definition) is 3. The largest absolute Gasteiger partial charge is 0.480 e. The second-order valence-corrected chi connectivity index (χ2v) is 5.83. The Labute approximate surface area is 124 Å². The summed E-state index contributed by atoms with van der Waals surface area (Å²) in [6, 6.07) is 8.04. The van der Waals surface area contributed by atoms with Crippen molar-refractivity contribution in [3.05, 3.63) is 30.6 Å². The molecule has 1 fully saturated rings. The standard InChI is InChI=1S/C16H21N3O2/c1-17-16(15(20)21)9-4-5-12(16)8-10-19-11-18-13-6-2-3-7-14(13)19/h2-3,6-7,11-12,17H,4-5,8-10H2,1H3,(H,20,21). The summed E-state index contributed by atoms with van der Waals surface area (Å²) in [5, 5.41) is 12.7. The van der Waals surface area contributed by atoms with Gasteiger partial charge in [0.25, 0.3) is 0 Å². The Hall–Kier alpha value is -1.88. The van der Waals surface area contributed by atoms with E-state index in [2.05, 4.69) is 20.9 Å². The lowest BCUT2D eigenvalue weighted by Crippen LogP contribution is -2.53. The molecule has 1 saturated carbocycles. The van der Waals surface area contributed by atoms with E-state index >= 15 is 0 Å². The lowest BCUT2D eigenvalue weighted by molar-refractivity contribution is -0.146. The Morgan fingerprint density at radius 2 is 2.33 bits per heavy atom. The van der Waals surface area contributed by atoms with E-state index in [4.69, 9.17) is 0 Å². The van der Waals surface area contributed by atoms with E-state index < -0.39 is 11.5 Å². The number of fused-ring (bicyclic) bond motifs is 1. The van der Waals surface area contributed by atoms with Gasteiger partial charge in [0.15, 0.2) is 0 Å². The molecule has 2 atom stereocenters.